The molecule has 0 radical (unpaired) electrons. The van der Waals surface area contributed by atoms with Crippen LogP contribution in [0, 0.1) is 0 Å². The summed E-state index contributed by atoms with van der Waals surface area (Å²) in [6.07, 6.45) is 4.26. The maximum absolute atomic E-state index is 14.0. The zero-order valence-corrected chi connectivity index (χ0v) is 39.8. The minimum atomic E-state index is -0.394. The fraction of sp³-hybridized carbons (Fsp3) is 0.400. The third-order valence-corrected chi connectivity index (χ3v) is 12.3. The van der Waals surface area contributed by atoms with E-state index in [4.69, 9.17) is 20.1 Å². The highest BCUT2D eigenvalue weighted by Crippen LogP contribution is 2.35. The van der Waals surface area contributed by atoms with E-state index in [1.165, 1.54) is 21.9 Å². The molecule has 0 saturated heterocycles. The molecule has 16 nitrogen and oxygen atoms in total. The number of ether oxygens (including phenoxy) is 3. The molecule has 0 fully saturated rings. The number of hydrazine groups is 1. The highest BCUT2D eigenvalue weighted by Gasteiger charge is 2.28. The molecule has 0 aliphatic heterocycles. The second-order valence-corrected chi connectivity index (χ2v) is 16.9. The first-order valence-corrected chi connectivity index (χ1v) is 23.8. The molecule has 5 aromatic rings. The molecular weight excluding hydrogens is 871 g/mol. The number of anilines is 2. The summed E-state index contributed by atoms with van der Waals surface area (Å²) in [4.78, 5) is 67.9. The molecule has 4 N–H and O–H groups in total. The Morgan fingerprint density at radius 3 is 2.25 bits per heavy atom. The first-order chi connectivity index (χ1) is 32.6. The van der Waals surface area contributed by atoms with Crippen LogP contribution < -0.4 is 21.4 Å². The molecule has 356 valence electrons. The third kappa shape index (κ3) is 14.2. The van der Waals surface area contributed by atoms with Crippen molar-refractivity contribution in [1.29, 1.82) is 0 Å². The Labute approximate surface area is 397 Å². The van der Waals surface area contributed by atoms with E-state index >= 15 is 0 Å². The summed E-state index contributed by atoms with van der Waals surface area (Å²) >= 11 is 1.37. The number of pyridine rings is 1. The Morgan fingerprint density at radius 2 is 1.49 bits per heavy atom. The van der Waals surface area contributed by atoms with E-state index < -0.39 is 5.91 Å². The first kappa shape index (κ1) is 50.3. The van der Waals surface area contributed by atoms with Crippen molar-refractivity contribution >= 4 is 46.3 Å². The molecule has 0 bridgehead atoms. The van der Waals surface area contributed by atoms with E-state index in [1.807, 2.05) is 43.4 Å². The van der Waals surface area contributed by atoms with E-state index in [9.17, 15) is 19.2 Å². The first-order valence-electron chi connectivity index (χ1n) is 22.8. The smallest absolute Gasteiger partial charge is 0.270 e. The van der Waals surface area contributed by atoms with Gasteiger partial charge in [0, 0.05) is 85.8 Å². The number of aromatic nitrogens is 2. The number of nitrogens with two attached hydrogens (primary N) is 1. The Kier molecular flexibility index (Phi) is 19.3. The summed E-state index contributed by atoms with van der Waals surface area (Å²) in [5.41, 5.74) is 7.99. The minimum Gasteiger partial charge on any atom is -0.378 e. The molecule has 2 heterocycles. The Morgan fingerprint density at radius 1 is 0.761 bits per heavy atom. The van der Waals surface area contributed by atoms with Crippen LogP contribution in [0.3, 0.4) is 0 Å². The van der Waals surface area contributed by atoms with Crippen LogP contribution in [0.5, 0.6) is 0 Å². The molecule has 67 heavy (non-hydrogen) atoms. The molecule has 4 amide bonds. The number of aryl methyl sites for hydroxylation is 1. The number of hydrogen-bond donors (Lipinski definition) is 3. The number of carbonyl (C=O) groups excluding carboxylic acids is 4. The monoisotopic (exact) mass is 933 g/mol. The molecule has 1 aliphatic carbocycles. The molecule has 6 rings (SSSR count). The molecule has 0 saturated carbocycles. The minimum absolute atomic E-state index is 0.207. The topological polar surface area (TPSA) is 185 Å². The SMILES string of the molecule is CCN(CC)c1ccc(NC(=O)c2cccc(C(=O)N(C)CCN(C)CCOCCOCCOCCNC(=O)c3cscn3)c2)c(-c2cc(C(=O)N(N)[C@H]3CCCc4ccccc43)ccn2)c1. The number of hydrogen-bond acceptors (Lipinski definition) is 13. The van der Waals surface area contributed by atoms with Crippen molar-refractivity contribution < 1.29 is 33.4 Å². The van der Waals surface area contributed by atoms with Gasteiger partial charge in [-0.2, -0.15) is 0 Å². The Bertz CT molecular complexity index is 2400. The standard InChI is InChI=1S/C50H63N9O7S/c1-5-58(6-2)40-17-18-43(42(33-40)44-32-39(19-20-52-44)50(63)59(51)46-16-10-12-36-11-7-8-15-41(36)46)55-47(60)37-13-9-14-38(31-37)49(62)57(4)23-22-56(3)24-26-65-28-30-66-29-27-64-25-21-53-48(61)45-34-67-35-54-45/h7-9,11,13-15,17-20,31-35,46H,5-6,10,12,16,21-30,51H2,1-4H3,(H,53,61)(H,55,60)/t46-/m0/s1. The Balaban J connectivity index is 0.980. The number of amides is 4. The van der Waals surface area contributed by atoms with Gasteiger partial charge >= 0.3 is 0 Å². The van der Waals surface area contributed by atoms with Crippen molar-refractivity contribution in [3.63, 3.8) is 0 Å². The second kappa shape index (κ2) is 25.7. The van der Waals surface area contributed by atoms with Crippen molar-refractivity contribution in [2.45, 2.75) is 39.2 Å². The maximum atomic E-state index is 14.0. The predicted octanol–water partition coefficient (Wildman–Crippen LogP) is 6.18. The summed E-state index contributed by atoms with van der Waals surface area (Å²) in [5, 5.41) is 8.85. The van der Waals surface area contributed by atoms with Crippen LogP contribution >= 0.6 is 11.3 Å². The molecule has 1 atom stereocenters. The lowest BCUT2D eigenvalue weighted by atomic mass is 9.87. The van der Waals surface area contributed by atoms with Crippen LogP contribution in [0.2, 0.25) is 0 Å². The highest BCUT2D eigenvalue weighted by atomic mass is 32.1. The number of nitrogens with zero attached hydrogens (tertiary/aromatic N) is 6. The van der Waals surface area contributed by atoms with E-state index in [1.54, 1.807) is 65.4 Å². The number of carbonyl (C=O) groups is 4. The molecule has 17 heteroatoms. The van der Waals surface area contributed by atoms with Crippen LogP contribution in [0.1, 0.15) is 85.4 Å². The Hall–Kier alpha value is -6.08. The van der Waals surface area contributed by atoms with Crippen molar-refractivity contribution in [2.75, 3.05) is 103 Å². The van der Waals surface area contributed by atoms with E-state index in [-0.39, 0.29) is 23.8 Å². The van der Waals surface area contributed by atoms with Gasteiger partial charge in [0.15, 0.2) is 0 Å². The van der Waals surface area contributed by atoms with Crippen molar-refractivity contribution in [3.8, 4) is 11.3 Å². The number of benzene rings is 3. The van der Waals surface area contributed by atoms with Crippen molar-refractivity contribution in [2.24, 2.45) is 5.84 Å². The fourth-order valence-corrected chi connectivity index (χ4v) is 8.35. The van der Waals surface area contributed by atoms with Crippen LogP contribution in [0.4, 0.5) is 11.4 Å². The second-order valence-electron chi connectivity index (χ2n) is 16.2. The largest absolute Gasteiger partial charge is 0.378 e. The number of rotatable bonds is 25. The molecule has 1 aliphatic rings. The van der Waals surface area contributed by atoms with Gasteiger partial charge < -0.3 is 39.5 Å². The van der Waals surface area contributed by atoms with E-state index in [2.05, 4.69) is 50.3 Å². The van der Waals surface area contributed by atoms with Gasteiger partial charge in [-0.15, -0.1) is 11.3 Å². The normalized spacial score (nSPS) is 13.2. The van der Waals surface area contributed by atoms with Gasteiger partial charge in [-0.1, -0.05) is 30.3 Å². The average Bonchev–Trinajstić information content (AvgIpc) is 3.91. The zero-order chi connectivity index (χ0) is 47.5. The summed E-state index contributed by atoms with van der Waals surface area (Å²) in [5.74, 6) is 5.45. The summed E-state index contributed by atoms with van der Waals surface area (Å²) < 4.78 is 16.8. The molecule has 0 spiro atoms. The number of thiazole rings is 1. The van der Waals surface area contributed by atoms with Gasteiger partial charge in [0.25, 0.3) is 23.6 Å². The lowest BCUT2D eigenvalue weighted by molar-refractivity contribution is 0.0119. The fourth-order valence-electron chi connectivity index (χ4n) is 7.81. The molecular formula is C50H63N9O7S. The summed E-state index contributed by atoms with van der Waals surface area (Å²) in [6, 6.07) is 23.7. The lowest BCUT2D eigenvalue weighted by Gasteiger charge is -2.32. The zero-order valence-electron chi connectivity index (χ0n) is 38.9. The van der Waals surface area contributed by atoms with Gasteiger partial charge in [-0.25, -0.2) is 10.8 Å². The molecule has 0 unspecified atom stereocenters. The highest BCUT2D eigenvalue weighted by molar-refractivity contribution is 7.07. The van der Waals surface area contributed by atoms with Crippen LogP contribution in [0.15, 0.2) is 96.0 Å². The van der Waals surface area contributed by atoms with Gasteiger partial charge in [0.2, 0.25) is 0 Å². The van der Waals surface area contributed by atoms with E-state index in [0.29, 0.717) is 105 Å². The van der Waals surface area contributed by atoms with Gasteiger partial charge in [-0.05, 0) is 99.8 Å². The number of likely N-dealkylation sites (N-methyl/N-ethyl adjacent to an activating group) is 2. The predicted molar refractivity (Wildman–Crippen MR) is 261 cm³/mol. The quantitative estimate of drug-likeness (QED) is 0.0262. The molecule has 3 aromatic carbocycles. The summed E-state index contributed by atoms with van der Waals surface area (Å²) in [6.45, 7) is 10.5. The van der Waals surface area contributed by atoms with Crippen LogP contribution in [0.25, 0.3) is 11.3 Å². The van der Waals surface area contributed by atoms with Crippen molar-refractivity contribution in [1.82, 2.24) is 30.1 Å². The molecule has 2 aromatic heterocycles. The van der Waals surface area contributed by atoms with Crippen LogP contribution in [-0.2, 0) is 20.6 Å². The maximum Gasteiger partial charge on any atom is 0.270 e. The van der Waals surface area contributed by atoms with E-state index in [0.717, 1.165) is 43.6 Å². The summed E-state index contributed by atoms with van der Waals surface area (Å²) in [7, 11) is 3.71. The van der Waals surface area contributed by atoms with Crippen LogP contribution in [-0.4, -0.2) is 141 Å². The van der Waals surface area contributed by atoms with Crippen molar-refractivity contribution in [3.05, 3.63) is 129 Å². The van der Waals surface area contributed by atoms with Gasteiger partial charge in [0.1, 0.15) is 5.69 Å². The van der Waals surface area contributed by atoms with Gasteiger partial charge in [0.05, 0.1) is 62.6 Å². The van der Waals surface area contributed by atoms with Gasteiger partial charge in [-0.3, -0.25) is 29.2 Å². The third-order valence-electron chi connectivity index (χ3n) is 11.7. The average molecular weight is 934 g/mol. The number of fused-ring (bicyclic) bond motifs is 1. The number of nitrogens with one attached hydrogen (secondary N) is 2. The lowest BCUT2D eigenvalue weighted by Crippen LogP contribution is -2.42.